The van der Waals surface area contributed by atoms with Crippen molar-refractivity contribution in [1.29, 1.82) is 0 Å². The van der Waals surface area contributed by atoms with E-state index < -0.39 is 77.8 Å². The van der Waals surface area contributed by atoms with Crippen LogP contribution < -0.4 is 0 Å². The number of piperidine rings is 1. The van der Waals surface area contributed by atoms with E-state index in [-0.39, 0.29) is 12.8 Å². The van der Waals surface area contributed by atoms with E-state index in [1.807, 2.05) is 0 Å². The second-order valence-corrected chi connectivity index (χ2v) is 10.2. The average Bonchev–Trinajstić information content (AvgIpc) is 2.69. The Morgan fingerprint density at radius 1 is 0.590 bits per heavy atom. The molecule has 1 saturated heterocycles. The van der Waals surface area contributed by atoms with Gasteiger partial charge in [-0.1, -0.05) is 0 Å². The Morgan fingerprint density at radius 3 is 1.23 bits per heavy atom. The summed E-state index contributed by atoms with van der Waals surface area (Å²) in [5.74, 6) is -56.5. The highest BCUT2D eigenvalue weighted by atomic mass is 19.4. The molecule has 0 aliphatic carbocycles. The number of halogens is 17. The van der Waals surface area contributed by atoms with Crippen LogP contribution in [0.25, 0.3) is 0 Å². The Hall–Kier alpha value is -1.31. The second-order valence-electron chi connectivity index (χ2n) is 10.2. The molecule has 0 aromatic heterocycles. The highest BCUT2D eigenvalue weighted by molar-refractivity contribution is 5.15. The van der Waals surface area contributed by atoms with Gasteiger partial charge in [0.1, 0.15) is 0 Å². The molecule has 0 amide bonds. The number of rotatable bonds is 10. The van der Waals surface area contributed by atoms with Crippen LogP contribution in [0.5, 0.6) is 0 Å². The maximum atomic E-state index is 14.0. The van der Waals surface area contributed by atoms with E-state index in [0.29, 0.717) is 5.06 Å². The summed E-state index contributed by atoms with van der Waals surface area (Å²) in [7, 11) is 0. The van der Waals surface area contributed by atoms with Crippen molar-refractivity contribution in [2.75, 3.05) is 6.61 Å². The van der Waals surface area contributed by atoms with Crippen LogP contribution in [-0.4, -0.2) is 76.5 Å². The predicted octanol–water partition coefficient (Wildman–Crippen LogP) is 7.77. The minimum absolute atomic E-state index is 0.259. The molecule has 1 rings (SSSR count). The van der Waals surface area contributed by atoms with Crippen LogP contribution in [0.1, 0.15) is 47.0 Å². The van der Waals surface area contributed by atoms with Crippen molar-refractivity contribution in [3.05, 3.63) is 0 Å². The van der Waals surface area contributed by atoms with E-state index in [2.05, 4.69) is 0 Å². The lowest BCUT2D eigenvalue weighted by atomic mass is 9.80. The Balaban J connectivity index is 3.27. The molecule has 39 heavy (non-hydrogen) atoms. The topological polar surface area (TPSA) is 32.4 Å². The Morgan fingerprint density at radius 2 is 0.897 bits per heavy atom. The minimum Gasteiger partial charge on any atom is -0.378 e. The third kappa shape index (κ3) is 5.37. The van der Waals surface area contributed by atoms with E-state index >= 15 is 0 Å². The largest absolute Gasteiger partial charge is 0.460 e. The summed E-state index contributed by atoms with van der Waals surface area (Å²) in [6.45, 7) is 3.71. The van der Waals surface area contributed by atoms with Gasteiger partial charge in [0.15, 0.2) is 0 Å². The molecule has 1 aliphatic heterocycles. The first-order valence-corrected chi connectivity index (χ1v) is 10.5. The third-order valence-electron chi connectivity index (χ3n) is 6.11. The minimum atomic E-state index is -8.65. The third-order valence-corrected chi connectivity index (χ3v) is 6.11. The summed E-state index contributed by atoms with van der Waals surface area (Å²) >= 11 is 0. The highest BCUT2D eigenvalue weighted by Gasteiger charge is 2.95. The number of hydrogen-bond acceptors (Lipinski definition) is 2. The first kappa shape index (κ1) is 35.7. The van der Waals surface area contributed by atoms with Gasteiger partial charge in [0.2, 0.25) is 0 Å². The molecular formula is C19H21F17NO2. The average molecular weight is 618 g/mol. The summed E-state index contributed by atoms with van der Waals surface area (Å²) < 4.78 is 231. The van der Waals surface area contributed by atoms with E-state index in [4.69, 9.17) is 4.74 Å². The molecule has 0 atom stereocenters. The number of ether oxygens (including phenoxy) is 1. The van der Waals surface area contributed by atoms with E-state index in [1.165, 1.54) is 27.7 Å². The maximum Gasteiger partial charge on any atom is 0.460 e. The Labute approximate surface area is 209 Å². The van der Waals surface area contributed by atoms with Gasteiger partial charge in [0, 0.05) is 17.5 Å². The molecule has 3 nitrogen and oxygen atoms in total. The van der Waals surface area contributed by atoms with Gasteiger partial charge in [-0.2, -0.15) is 74.6 Å². The summed E-state index contributed by atoms with van der Waals surface area (Å²) in [4.78, 5) is 0. The molecule has 1 radical (unpaired) electrons. The molecule has 0 spiro atoms. The van der Waals surface area contributed by atoms with Crippen molar-refractivity contribution < 1.29 is 84.6 Å². The van der Waals surface area contributed by atoms with Crippen LogP contribution in [-0.2, 0) is 9.94 Å². The van der Waals surface area contributed by atoms with Crippen molar-refractivity contribution in [1.82, 2.24) is 5.06 Å². The van der Waals surface area contributed by atoms with Gasteiger partial charge in [0.05, 0.1) is 12.7 Å². The fourth-order valence-electron chi connectivity index (χ4n) is 4.00. The van der Waals surface area contributed by atoms with Gasteiger partial charge in [-0.15, -0.1) is 10.3 Å². The van der Waals surface area contributed by atoms with Gasteiger partial charge < -0.3 is 4.74 Å². The van der Waals surface area contributed by atoms with Crippen LogP contribution in [0.2, 0.25) is 0 Å². The zero-order chi connectivity index (χ0) is 31.7. The van der Waals surface area contributed by atoms with Gasteiger partial charge in [0.25, 0.3) is 0 Å². The molecule has 1 aliphatic rings. The highest BCUT2D eigenvalue weighted by Crippen LogP contribution is 2.64. The lowest BCUT2D eigenvalue weighted by Gasteiger charge is -2.49. The van der Waals surface area contributed by atoms with E-state index in [1.54, 1.807) is 0 Å². The van der Waals surface area contributed by atoms with Crippen LogP contribution in [0.3, 0.4) is 0 Å². The number of hydrogen-bond donors (Lipinski definition) is 0. The summed E-state index contributed by atoms with van der Waals surface area (Å²) in [5, 5.41) is 12.8. The molecule has 1 heterocycles. The molecule has 233 valence electrons. The van der Waals surface area contributed by atoms with Gasteiger partial charge in [-0.3, -0.25) is 0 Å². The zero-order valence-corrected chi connectivity index (χ0v) is 20.1. The van der Waals surface area contributed by atoms with Crippen LogP contribution in [0.15, 0.2) is 0 Å². The van der Waals surface area contributed by atoms with Crippen LogP contribution in [0.4, 0.5) is 74.6 Å². The summed E-state index contributed by atoms with van der Waals surface area (Å²) in [6.07, 6.45) is -12.2. The molecule has 20 heteroatoms. The number of hydroxylamine groups is 2. The second kappa shape index (κ2) is 9.62. The normalized spacial score (nSPS) is 21.4. The van der Waals surface area contributed by atoms with E-state index in [9.17, 15) is 79.8 Å². The van der Waals surface area contributed by atoms with Crippen LogP contribution >= 0.6 is 0 Å². The smallest absolute Gasteiger partial charge is 0.378 e. The first-order valence-electron chi connectivity index (χ1n) is 10.5. The lowest BCUT2D eigenvalue weighted by molar-refractivity contribution is -0.462. The predicted molar refractivity (Wildman–Crippen MR) is 95.0 cm³/mol. The van der Waals surface area contributed by atoms with Gasteiger partial charge in [-0.25, -0.2) is 0 Å². The first-order chi connectivity index (χ1) is 16.7. The van der Waals surface area contributed by atoms with Crippen molar-refractivity contribution in [2.45, 2.75) is 112 Å². The molecule has 0 aromatic carbocycles. The fourth-order valence-corrected chi connectivity index (χ4v) is 4.00. The quantitative estimate of drug-likeness (QED) is 0.235. The molecule has 0 N–H and O–H groups in total. The standard InChI is InChI=1S/C19H21F17NO2/c1-10(2)7-9(8-11(3,4)37(10)38)39-6-5-12(20,21)13(22,23)14(24,25)15(26,27)16(28,29)17(30,31)18(32,33)19(34,35)36/h9H,5-8H2,1-4H3. The molecule has 0 aromatic rings. The van der Waals surface area contributed by atoms with E-state index in [0.717, 1.165) is 0 Å². The lowest BCUT2D eigenvalue weighted by Crippen LogP contribution is -2.74. The van der Waals surface area contributed by atoms with Crippen molar-refractivity contribution in [2.24, 2.45) is 0 Å². The Bertz CT molecular complexity index is 864. The maximum absolute atomic E-state index is 14.0. The summed E-state index contributed by atoms with van der Waals surface area (Å²) in [6, 6.07) is 0. The van der Waals surface area contributed by atoms with Gasteiger partial charge >= 0.3 is 47.6 Å². The molecule has 0 bridgehead atoms. The van der Waals surface area contributed by atoms with Crippen molar-refractivity contribution >= 4 is 0 Å². The van der Waals surface area contributed by atoms with Crippen molar-refractivity contribution in [3.63, 3.8) is 0 Å². The number of nitrogens with zero attached hydrogens (tertiary/aromatic N) is 1. The zero-order valence-electron chi connectivity index (χ0n) is 20.1. The fraction of sp³-hybridized carbons (Fsp3) is 1.00. The summed E-state index contributed by atoms with van der Waals surface area (Å²) in [5.41, 5.74) is -2.49. The molecule has 1 fully saturated rings. The van der Waals surface area contributed by atoms with Gasteiger partial charge in [-0.05, 0) is 40.5 Å². The molecule has 0 unspecified atom stereocenters. The molecule has 0 saturated carbocycles. The monoisotopic (exact) mass is 618 g/mol. The SMILES string of the molecule is CC1(C)CC(OCCC(F)(F)C(F)(F)C(F)(F)C(F)(F)C(F)(F)C(F)(F)C(F)(F)C(F)(F)F)CC(C)(C)N1[O]. The van der Waals surface area contributed by atoms with Crippen molar-refractivity contribution in [3.8, 4) is 0 Å². The molecular weight excluding hydrogens is 597 g/mol. The van der Waals surface area contributed by atoms with Crippen LogP contribution in [0, 0.1) is 0 Å². The number of alkyl halides is 17. The Kier molecular flexibility index (Phi) is 8.81.